The van der Waals surface area contributed by atoms with Crippen molar-refractivity contribution in [1.29, 1.82) is 0 Å². The molecule has 1 aromatic carbocycles. The molecule has 0 radical (unpaired) electrons. The van der Waals surface area contributed by atoms with Crippen molar-refractivity contribution in [2.45, 2.75) is 32.7 Å². The minimum Gasteiger partial charge on any atom is -0.494 e. The van der Waals surface area contributed by atoms with Gasteiger partial charge in [0.15, 0.2) is 0 Å². The summed E-state index contributed by atoms with van der Waals surface area (Å²) in [7, 11) is 0. The van der Waals surface area contributed by atoms with E-state index in [2.05, 4.69) is 19.2 Å². The van der Waals surface area contributed by atoms with Crippen LogP contribution in [0.15, 0.2) is 30.3 Å². The van der Waals surface area contributed by atoms with Gasteiger partial charge < -0.3 is 15.0 Å². The second-order valence-corrected chi connectivity index (χ2v) is 5.87. The largest absolute Gasteiger partial charge is 0.494 e. The van der Waals surface area contributed by atoms with Crippen molar-refractivity contribution in [3.05, 3.63) is 30.3 Å². The molecule has 21 heavy (non-hydrogen) atoms. The van der Waals surface area contributed by atoms with Crippen LogP contribution in [0.25, 0.3) is 0 Å². The van der Waals surface area contributed by atoms with Crippen LogP contribution in [-0.4, -0.2) is 43.1 Å². The predicted molar refractivity (Wildman–Crippen MR) is 84.4 cm³/mol. The lowest BCUT2D eigenvalue weighted by molar-refractivity contribution is -0.135. The van der Waals surface area contributed by atoms with Gasteiger partial charge in [0, 0.05) is 32.1 Å². The third kappa shape index (κ3) is 4.74. The average Bonchev–Trinajstić information content (AvgIpc) is 2.52. The van der Waals surface area contributed by atoms with Gasteiger partial charge in [0.05, 0.1) is 6.61 Å². The molecule has 4 heteroatoms. The summed E-state index contributed by atoms with van der Waals surface area (Å²) < 4.78 is 5.63. The average molecular weight is 290 g/mol. The summed E-state index contributed by atoms with van der Waals surface area (Å²) >= 11 is 0. The van der Waals surface area contributed by atoms with Crippen LogP contribution in [0, 0.1) is 5.92 Å². The molecular weight excluding hydrogens is 264 g/mol. The number of ether oxygens (including phenoxy) is 1. The minimum atomic E-state index is 0.256. The van der Waals surface area contributed by atoms with E-state index in [1.807, 2.05) is 35.2 Å². The summed E-state index contributed by atoms with van der Waals surface area (Å²) in [6.07, 6.45) is 1.33. The number of nitrogens with zero attached hydrogens (tertiary/aromatic N) is 1. The van der Waals surface area contributed by atoms with Crippen LogP contribution in [0.5, 0.6) is 5.75 Å². The highest BCUT2D eigenvalue weighted by Gasteiger charge is 2.28. The highest BCUT2D eigenvalue weighted by Crippen LogP contribution is 2.15. The van der Waals surface area contributed by atoms with Gasteiger partial charge in [-0.25, -0.2) is 0 Å². The molecule has 2 rings (SSSR count). The zero-order valence-corrected chi connectivity index (χ0v) is 13.0. The molecule has 1 aliphatic heterocycles. The Balaban J connectivity index is 1.73. The first kappa shape index (κ1) is 15.8. The normalized spacial score (nSPS) is 18.8. The number of amides is 1. The van der Waals surface area contributed by atoms with E-state index in [1.165, 1.54) is 0 Å². The third-order valence-corrected chi connectivity index (χ3v) is 3.92. The maximum absolute atomic E-state index is 12.4. The van der Waals surface area contributed by atoms with Crippen molar-refractivity contribution < 1.29 is 9.53 Å². The van der Waals surface area contributed by atoms with Gasteiger partial charge in [-0.2, -0.15) is 0 Å². The minimum absolute atomic E-state index is 0.256. The highest BCUT2D eigenvalue weighted by molar-refractivity contribution is 5.76. The van der Waals surface area contributed by atoms with E-state index in [0.717, 1.165) is 31.8 Å². The van der Waals surface area contributed by atoms with Crippen LogP contribution in [-0.2, 0) is 4.79 Å². The van der Waals surface area contributed by atoms with Gasteiger partial charge in [-0.3, -0.25) is 4.79 Å². The van der Waals surface area contributed by atoms with Gasteiger partial charge in [0.2, 0.25) is 5.91 Å². The number of rotatable bonds is 6. The van der Waals surface area contributed by atoms with Crippen LogP contribution in [0.4, 0.5) is 0 Å². The van der Waals surface area contributed by atoms with Crippen molar-refractivity contribution >= 4 is 5.91 Å². The topological polar surface area (TPSA) is 41.6 Å². The van der Waals surface area contributed by atoms with Gasteiger partial charge in [-0.05, 0) is 24.5 Å². The Morgan fingerprint density at radius 2 is 2.14 bits per heavy atom. The third-order valence-electron chi connectivity index (χ3n) is 3.92. The van der Waals surface area contributed by atoms with Crippen molar-refractivity contribution in [3.8, 4) is 5.75 Å². The fraction of sp³-hybridized carbons (Fsp3) is 0.588. The molecular formula is C17H26N2O2. The van der Waals surface area contributed by atoms with Crippen molar-refractivity contribution in [2.24, 2.45) is 5.92 Å². The predicted octanol–water partition coefficient (Wildman–Crippen LogP) is 2.30. The molecule has 1 aliphatic rings. The number of para-hydroxylation sites is 1. The fourth-order valence-electron chi connectivity index (χ4n) is 2.70. The van der Waals surface area contributed by atoms with E-state index < -0.39 is 0 Å². The molecule has 1 amide bonds. The van der Waals surface area contributed by atoms with Gasteiger partial charge in [0.25, 0.3) is 0 Å². The Bertz CT molecular complexity index is 434. The van der Waals surface area contributed by atoms with Gasteiger partial charge >= 0.3 is 0 Å². The lowest BCUT2D eigenvalue weighted by atomic mass is 10.00. The molecule has 0 saturated carbocycles. The van der Waals surface area contributed by atoms with E-state index in [-0.39, 0.29) is 5.91 Å². The zero-order chi connectivity index (χ0) is 15.1. The summed E-state index contributed by atoms with van der Waals surface area (Å²) in [5.41, 5.74) is 0. The summed E-state index contributed by atoms with van der Waals surface area (Å²) in [5.74, 6) is 1.61. The quantitative estimate of drug-likeness (QED) is 0.817. The Labute approximate surface area is 127 Å². The standard InChI is InChI=1S/C17H26N2O2/c1-14(2)16-13-18-10-11-19(16)17(20)9-6-12-21-15-7-4-3-5-8-15/h3-5,7-8,14,16,18H,6,9-13H2,1-2H3. The molecule has 0 spiro atoms. The Kier molecular flexibility index (Phi) is 6.05. The molecule has 1 fully saturated rings. The molecule has 1 aromatic rings. The fourth-order valence-corrected chi connectivity index (χ4v) is 2.70. The maximum atomic E-state index is 12.4. The molecule has 116 valence electrons. The van der Waals surface area contributed by atoms with E-state index in [0.29, 0.717) is 25.0 Å². The first-order chi connectivity index (χ1) is 10.2. The molecule has 0 bridgehead atoms. The van der Waals surface area contributed by atoms with Crippen LogP contribution >= 0.6 is 0 Å². The molecule has 1 unspecified atom stereocenters. The summed E-state index contributed by atoms with van der Waals surface area (Å²) in [6, 6.07) is 10.1. The van der Waals surface area contributed by atoms with Gasteiger partial charge in [-0.1, -0.05) is 32.0 Å². The van der Waals surface area contributed by atoms with Crippen LogP contribution < -0.4 is 10.1 Å². The number of piperazine rings is 1. The SMILES string of the molecule is CC(C)C1CNCCN1C(=O)CCCOc1ccccc1. The number of nitrogens with one attached hydrogen (secondary N) is 1. The molecule has 0 aromatic heterocycles. The molecule has 1 atom stereocenters. The lowest BCUT2D eigenvalue weighted by Gasteiger charge is -2.38. The van der Waals surface area contributed by atoms with E-state index >= 15 is 0 Å². The Hall–Kier alpha value is -1.55. The van der Waals surface area contributed by atoms with E-state index in [4.69, 9.17) is 4.74 Å². The molecule has 1 N–H and O–H groups in total. The first-order valence-electron chi connectivity index (χ1n) is 7.86. The number of carbonyl (C=O) groups is 1. The number of carbonyl (C=O) groups excluding carboxylic acids is 1. The summed E-state index contributed by atoms with van der Waals surface area (Å²) in [4.78, 5) is 14.4. The van der Waals surface area contributed by atoms with Crippen LogP contribution in [0.3, 0.4) is 0 Å². The number of benzene rings is 1. The van der Waals surface area contributed by atoms with Crippen molar-refractivity contribution in [2.75, 3.05) is 26.2 Å². The number of hydrogen-bond acceptors (Lipinski definition) is 3. The monoisotopic (exact) mass is 290 g/mol. The highest BCUT2D eigenvalue weighted by atomic mass is 16.5. The Morgan fingerprint density at radius 3 is 2.86 bits per heavy atom. The summed E-state index contributed by atoms with van der Waals surface area (Å²) in [6.45, 7) is 7.57. The van der Waals surface area contributed by atoms with E-state index in [9.17, 15) is 4.79 Å². The second kappa shape index (κ2) is 8.03. The number of hydrogen-bond donors (Lipinski definition) is 1. The molecule has 4 nitrogen and oxygen atoms in total. The smallest absolute Gasteiger partial charge is 0.223 e. The molecule has 1 saturated heterocycles. The van der Waals surface area contributed by atoms with Crippen LogP contribution in [0.2, 0.25) is 0 Å². The van der Waals surface area contributed by atoms with Gasteiger partial charge in [-0.15, -0.1) is 0 Å². The zero-order valence-electron chi connectivity index (χ0n) is 13.0. The second-order valence-electron chi connectivity index (χ2n) is 5.87. The first-order valence-corrected chi connectivity index (χ1v) is 7.86. The Morgan fingerprint density at radius 1 is 1.38 bits per heavy atom. The summed E-state index contributed by atoms with van der Waals surface area (Å²) in [5, 5.41) is 3.37. The molecule has 0 aliphatic carbocycles. The lowest BCUT2D eigenvalue weighted by Crippen LogP contribution is -2.55. The van der Waals surface area contributed by atoms with Crippen molar-refractivity contribution in [3.63, 3.8) is 0 Å². The maximum Gasteiger partial charge on any atom is 0.223 e. The molecule has 1 heterocycles. The van der Waals surface area contributed by atoms with Crippen molar-refractivity contribution in [1.82, 2.24) is 10.2 Å². The van der Waals surface area contributed by atoms with Gasteiger partial charge in [0.1, 0.15) is 5.75 Å². The van der Waals surface area contributed by atoms with Crippen LogP contribution in [0.1, 0.15) is 26.7 Å². The van der Waals surface area contributed by atoms with E-state index in [1.54, 1.807) is 0 Å².